The maximum Gasteiger partial charge on any atom is 0.430 e. The summed E-state index contributed by atoms with van der Waals surface area (Å²) in [6.07, 6.45) is -11.3. The summed E-state index contributed by atoms with van der Waals surface area (Å²) in [4.78, 5) is 0. The van der Waals surface area contributed by atoms with E-state index in [1.165, 1.54) is 0 Å². The van der Waals surface area contributed by atoms with Crippen LogP contribution in [-0.4, -0.2) is 17.5 Å². The minimum atomic E-state index is -6.12. The lowest BCUT2D eigenvalue weighted by molar-refractivity contribution is -0.377. The molecule has 0 saturated heterocycles. The first-order chi connectivity index (χ1) is 8.45. The van der Waals surface area contributed by atoms with E-state index in [0.29, 0.717) is 6.07 Å². The molecule has 1 rings (SSSR count). The van der Waals surface area contributed by atoms with Crippen LogP contribution >= 0.6 is 0 Å². The fraction of sp³-hybridized carbons (Fsp3) is 0.273. The lowest BCUT2D eigenvalue weighted by atomic mass is 9.90. The summed E-state index contributed by atoms with van der Waals surface area (Å²) in [5.74, 6) is -1.82. The summed E-state index contributed by atoms with van der Waals surface area (Å²) in [6, 6.07) is 1.58. The van der Waals surface area contributed by atoms with E-state index < -0.39 is 29.3 Å². The van der Waals surface area contributed by atoms with Crippen LogP contribution in [0.4, 0.5) is 30.7 Å². The minimum Gasteiger partial charge on any atom is -0.369 e. The Bertz CT molecular complexity index is 473. The van der Waals surface area contributed by atoms with Gasteiger partial charge in [0.1, 0.15) is 5.82 Å². The second-order valence-electron chi connectivity index (χ2n) is 3.65. The number of benzene rings is 1. The Morgan fingerprint density at radius 3 is 1.84 bits per heavy atom. The Morgan fingerprint density at radius 1 is 1.00 bits per heavy atom. The molecule has 0 atom stereocenters. The van der Waals surface area contributed by atoms with Gasteiger partial charge < -0.3 is 5.11 Å². The molecule has 0 unspecified atom stereocenters. The first-order valence-corrected chi connectivity index (χ1v) is 4.73. The third-order valence-corrected chi connectivity index (χ3v) is 2.44. The van der Waals surface area contributed by atoms with Gasteiger partial charge in [0.05, 0.1) is 0 Å². The van der Waals surface area contributed by atoms with E-state index in [-0.39, 0.29) is 11.6 Å². The molecule has 1 aromatic carbocycles. The van der Waals surface area contributed by atoms with Crippen LogP contribution in [0.25, 0.3) is 6.08 Å². The van der Waals surface area contributed by atoms with Gasteiger partial charge in [0.2, 0.25) is 0 Å². The molecular formula is C11H7F7O. The van der Waals surface area contributed by atoms with Crippen LogP contribution in [0.2, 0.25) is 0 Å². The second-order valence-corrected chi connectivity index (χ2v) is 3.65. The molecule has 0 heterocycles. The largest absolute Gasteiger partial charge is 0.430 e. The smallest absolute Gasteiger partial charge is 0.369 e. The number of hydrogen-bond acceptors (Lipinski definition) is 1. The highest BCUT2D eigenvalue weighted by Crippen LogP contribution is 2.50. The van der Waals surface area contributed by atoms with E-state index in [1.807, 2.05) is 0 Å². The summed E-state index contributed by atoms with van der Waals surface area (Å²) >= 11 is 0. The first kappa shape index (κ1) is 15.5. The van der Waals surface area contributed by atoms with Crippen molar-refractivity contribution in [3.05, 3.63) is 41.7 Å². The van der Waals surface area contributed by atoms with E-state index in [0.717, 1.165) is 12.1 Å². The number of rotatable bonds is 2. The molecule has 0 radical (unpaired) electrons. The van der Waals surface area contributed by atoms with Crippen LogP contribution in [0.3, 0.4) is 0 Å². The zero-order chi connectivity index (χ0) is 15.1. The lowest BCUT2D eigenvalue weighted by Gasteiger charge is -2.33. The quantitative estimate of drug-likeness (QED) is 0.821. The van der Waals surface area contributed by atoms with Gasteiger partial charge in [0.15, 0.2) is 0 Å². The third kappa shape index (κ3) is 2.44. The molecule has 1 N–H and O–H groups in total. The third-order valence-electron chi connectivity index (χ3n) is 2.44. The van der Waals surface area contributed by atoms with Gasteiger partial charge in [-0.2, -0.15) is 26.3 Å². The normalized spacial score (nSPS) is 13.5. The van der Waals surface area contributed by atoms with Gasteiger partial charge in [-0.1, -0.05) is 18.7 Å². The van der Waals surface area contributed by atoms with E-state index in [2.05, 4.69) is 6.58 Å². The van der Waals surface area contributed by atoms with E-state index in [4.69, 9.17) is 5.11 Å². The van der Waals surface area contributed by atoms with Crippen molar-refractivity contribution >= 4 is 6.08 Å². The molecule has 0 bridgehead atoms. The Morgan fingerprint density at radius 2 is 1.47 bits per heavy atom. The summed E-state index contributed by atoms with van der Waals surface area (Å²) in [5, 5.41) is 9.03. The average Bonchev–Trinajstić information content (AvgIpc) is 2.25. The molecule has 0 saturated carbocycles. The topological polar surface area (TPSA) is 20.2 Å². The van der Waals surface area contributed by atoms with Crippen LogP contribution in [0.5, 0.6) is 0 Å². The van der Waals surface area contributed by atoms with Gasteiger partial charge in [0.25, 0.3) is 5.60 Å². The Balaban J connectivity index is 3.65. The highest BCUT2D eigenvalue weighted by Gasteiger charge is 2.72. The monoisotopic (exact) mass is 288 g/mol. The van der Waals surface area contributed by atoms with Crippen LogP contribution in [0.15, 0.2) is 24.8 Å². The molecule has 19 heavy (non-hydrogen) atoms. The molecule has 0 fully saturated rings. The Labute approximate surface area is 103 Å². The highest BCUT2D eigenvalue weighted by atomic mass is 19.4. The lowest BCUT2D eigenvalue weighted by Crippen LogP contribution is -2.54. The molecule has 0 aromatic heterocycles. The molecule has 1 aromatic rings. The molecule has 8 heteroatoms. The number of alkyl halides is 6. The minimum absolute atomic E-state index is 0.191. The molecule has 0 spiro atoms. The fourth-order valence-corrected chi connectivity index (χ4v) is 1.41. The van der Waals surface area contributed by atoms with E-state index in [9.17, 15) is 30.7 Å². The van der Waals surface area contributed by atoms with Crippen LogP contribution in [-0.2, 0) is 5.60 Å². The van der Waals surface area contributed by atoms with Crippen molar-refractivity contribution in [1.29, 1.82) is 0 Å². The van der Waals surface area contributed by atoms with Crippen molar-refractivity contribution in [1.82, 2.24) is 0 Å². The van der Waals surface area contributed by atoms with Crippen molar-refractivity contribution in [2.75, 3.05) is 0 Å². The molecule has 0 aliphatic heterocycles. The average molecular weight is 288 g/mol. The molecular weight excluding hydrogens is 281 g/mol. The van der Waals surface area contributed by atoms with Crippen molar-refractivity contribution in [3.63, 3.8) is 0 Å². The first-order valence-electron chi connectivity index (χ1n) is 4.73. The maximum atomic E-state index is 13.3. The van der Waals surface area contributed by atoms with Gasteiger partial charge >= 0.3 is 12.4 Å². The Hall–Kier alpha value is -1.57. The second kappa shape index (κ2) is 4.52. The van der Waals surface area contributed by atoms with Gasteiger partial charge in [-0.05, 0) is 17.7 Å². The van der Waals surface area contributed by atoms with Crippen LogP contribution < -0.4 is 0 Å². The SMILES string of the molecule is C=Cc1ccc(F)c(C(O)(C(F)(F)F)C(F)(F)F)c1. The van der Waals surface area contributed by atoms with Crippen molar-refractivity contribution in [2.24, 2.45) is 0 Å². The van der Waals surface area contributed by atoms with Crippen molar-refractivity contribution in [2.45, 2.75) is 18.0 Å². The van der Waals surface area contributed by atoms with Gasteiger partial charge in [0, 0.05) is 5.56 Å². The molecule has 0 aliphatic rings. The standard InChI is InChI=1S/C11H7F7O/c1-2-6-3-4-8(12)7(5-6)9(19,10(13,14)15)11(16,17)18/h2-5,19H,1H2. The maximum absolute atomic E-state index is 13.3. The summed E-state index contributed by atoms with van der Waals surface area (Å²) in [7, 11) is 0. The van der Waals surface area contributed by atoms with E-state index in [1.54, 1.807) is 0 Å². The van der Waals surface area contributed by atoms with Crippen LogP contribution in [0, 0.1) is 5.82 Å². The summed E-state index contributed by atoms with van der Waals surface area (Å²) in [5.41, 5.74) is -7.38. The highest BCUT2D eigenvalue weighted by molar-refractivity contribution is 5.49. The Kier molecular flexibility index (Phi) is 3.68. The number of halogens is 7. The molecule has 106 valence electrons. The predicted octanol–water partition coefficient (Wildman–Crippen LogP) is 3.78. The van der Waals surface area contributed by atoms with Gasteiger partial charge in [-0.15, -0.1) is 0 Å². The van der Waals surface area contributed by atoms with Gasteiger partial charge in [-0.25, -0.2) is 4.39 Å². The zero-order valence-corrected chi connectivity index (χ0v) is 9.11. The fourth-order valence-electron chi connectivity index (χ4n) is 1.41. The van der Waals surface area contributed by atoms with Gasteiger partial charge in [-0.3, -0.25) is 0 Å². The molecule has 0 aliphatic carbocycles. The summed E-state index contributed by atoms with van der Waals surface area (Å²) in [6.45, 7) is 3.14. The van der Waals surface area contributed by atoms with Crippen molar-refractivity contribution in [3.8, 4) is 0 Å². The molecule has 0 amide bonds. The predicted molar refractivity (Wildman–Crippen MR) is 52.5 cm³/mol. The number of aliphatic hydroxyl groups is 1. The number of hydrogen-bond donors (Lipinski definition) is 1. The molecule has 1 nitrogen and oxygen atoms in total. The van der Waals surface area contributed by atoms with Crippen molar-refractivity contribution < 1.29 is 35.8 Å². The summed E-state index contributed by atoms with van der Waals surface area (Å²) < 4.78 is 88.5. The zero-order valence-electron chi connectivity index (χ0n) is 9.11. The van der Waals surface area contributed by atoms with E-state index >= 15 is 0 Å². The van der Waals surface area contributed by atoms with Crippen LogP contribution in [0.1, 0.15) is 11.1 Å².